The molecule has 0 N–H and O–H groups in total. The highest BCUT2D eigenvalue weighted by Crippen LogP contribution is 2.54. The molecule has 2 heteroatoms. The fourth-order valence-corrected chi connectivity index (χ4v) is 5.16. The van der Waals surface area contributed by atoms with E-state index in [2.05, 4.69) is 50.0 Å². The molecule has 1 unspecified atom stereocenters. The number of rotatable bonds is 5. The van der Waals surface area contributed by atoms with Crippen molar-refractivity contribution in [1.82, 2.24) is 0 Å². The molecule has 0 heterocycles. The van der Waals surface area contributed by atoms with Gasteiger partial charge < -0.3 is 0 Å². The van der Waals surface area contributed by atoms with Gasteiger partial charge in [0.25, 0.3) is 0 Å². The Bertz CT molecular complexity index is 328. The molecule has 0 saturated carbocycles. The van der Waals surface area contributed by atoms with Crippen molar-refractivity contribution in [2.24, 2.45) is 0 Å². The molecular formula is C13H19NP+. The molecule has 15 heavy (non-hydrogen) atoms. The average molecular weight is 220 g/mol. The van der Waals surface area contributed by atoms with Crippen molar-refractivity contribution in [3.8, 4) is 6.07 Å². The van der Waals surface area contributed by atoms with Gasteiger partial charge in [0.2, 0.25) is 0 Å². The Morgan fingerprint density at radius 2 is 1.87 bits per heavy atom. The zero-order valence-corrected chi connectivity index (χ0v) is 10.5. The third-order valence-electron chi connectivity index (χ3n) is 2.81. The van der Waals surface area contributed by atoms with Crippen molar-refractivity contribution in [2.75, 3.05) is 19.0 Å². The summed E-state index contributed by atoms with van der Waals surface area (Å²) in [6.45, 7) is 4.61. The minimum Gasteiger partial charge on any atom is -0.198 e. The first kappa shape index (κ1) is 12.2. The van der Waals surface area contributed by atoms with Crippen LogP contribution in [0.5, 0.6) is 0 Å². The SMILES string of the molecule is CCC[P+](C)(CCC#N)c1ccccc1. The summed E-state index contributed by atoms with van der Waals surface area (Å²) in [5.74, 6) is 0. The summed E-state index contributed by atoms with van der Waals surface area (Å²) in [6.07, 6.45) is 4.24. The second-order valence-corrected chi connectivity index (χ2v) is 8.29. The third-order valence-corrected chi connectivity index (χ3v) is 7.00. The standard InChI is InChI=1S/C13H19NP/c1-3-11-15(2,12-7-10-14)13-8-5-4-6-9-13/h4-6,8-9H,3,7,11-12H2,1-2H3/q+1. The van der Waals surface area contributed by atoms with Gasteiger partial charge in [0, 0.05) is 7.26 Å². The lowest BCUT2D eigenvalue weighted by Gasteiger charge is -2.21. The molecule has 1 nitrogen and oxygen atoms in total. The summed E-state index contributed by atoms with van der Waals surface area (Å²) in [4.78, 5) is 0. The average Bonchev–Trinajstić information content (AvgIpc) is 2.28. The van der Waals surface area contributed by atoms with Crippen LogP contribution in [0.25, 0.3) is 0 Å². The Morgan fingerprint density at radius 3 is 2.40 bits per heavy atom. The highest BCUT2D eigenvalue weighted by Gasteiger charge is 2.32. The molecule has 80 valence electrons. The minimum atomic E-state index is -1.06. The number of benzene rings is 1. The van der Waals surface area contributed by atoms with Gasteiger partial charge in [-0.1, -0.05) is 25.1 Å². The molecule has 0 aliphatic rings. The van der Waals surface area contributed by atoms with E-state index in [0.29, 0.717) is 6.42 Å². The van der Waals surface area contributed by atoms with Crippen molar-refractivity contribution >= 4 is 12.6 Å². The van der Waals surface area contributed by atoms with Gasteiger partial charge in [0.15, 0.2) is 0 Å². The van der Waals surface area contributed by atoms with Crippen LogP contribution in [0, 0.1) is 11.3 Å². The maximum atomic E-state index is 8.71. The molecule has 1 aromatic carbocycles. The van der Waals surface area contributed by atoms with Crippen molar-refractivity contribution in [3.05, 3.63) is 30.3 Å². The smallest absolute Gasteiger partial charge is 0.0936 e. The Hall–Kier alpha value is -0.860. The lowest BCUT2D eigenvalue weighted by Crippen LogP contribution is -2.16. The Kier molecular flexibility index (Phi) is 4.79. The molecule has 0 saturated heterocycles. The first-order valence-corrected chi connectivity index (χ1v) is 8.10. The minimum absolute atomic E-state index is 0.694. The summed E-state index contributed by atoms with van der Waals surface area (Å²) in [7, 11) is -1.06. The van der Waals surface area contributed by atoms with Crippen LogP contribution in [0.4, 0.5) is 0 Å². The number of hydrogen-bond donors (Lipinski definition) is 0. The molecule has 0 bridgehead atoms. The maximum absolute atomic E-state index is 8.71. The summed E-state index contributed by atoms with van der Waals surface area (Å²) < 4.78 is 0. The monoisotopic (exact) mass is 220 g/mol. The van der Waals surface area contributed by atoms with E-state index >= 15 is 0 Å². The van der Waals surface area contributed by atoms with Crippen LogP contribution in [0.15, 0.2) is 30.3 Å². The van der Waals surface area contributed by atoms with Gasteiger partial charge in [-0.2, -0.15) is 5.26 Å². The van der Waals surface area contributed by atoms with Crippen LogP contribution in [-0.2, 0) is 0 Å². The predicted octanol–water partition coefficient (Wildman–Crippen LogP) is 3.28. The summed E-state index contributed by atoms with van der Waals surface area (Å²) >= 11 is 0. The topological polar surface area (TPSA) is 23.8 Å². The summed E-state index contributed by atoms with van der Waals surface area (Å²) in [5, 5.41) is 10.2. The van der Waals surface area contributed by atoms with E-state index in [1.165, 1.54) is 17.9 Å². The van der Waals surface area contributed by atoms with Crippen LogP contribution in [0.3, 0.4) is 0 Å². The predicted molar refractivity (Wildman–Crippen MR) is 69.2 cm³/mol. The molecule has 0 aromatic heterocycles. The Labute approximate surface area is 93.5 Å². The number of nitrogens with zero attached hydrogens (tertiary/aromatic N) is 1. The Morgan fingerprint density at radius 1 is 1.20 bits per heavy atom. The van der Waals surface area contributed by atoms with Crippen LogP contribution >= 0.6 is 7.26 Å². The molecule has 0 amide bonds. The van der Waals surface area contributed by atoms with Crippen LogP contribution in [0.2, 0.25) is 0 Å². The van der Waals surface area contributed by atoms with E-state index in [1.54, 1.807) is 0 Å². The van der Waals surface area contributed by atoms with Gasteiger partial charge in [0.05, 0.1) is 36.8 Å². The number of hydrogen-bond acceptors (Lipinski definition) is 1. The molecule has 0 fully saturated rings. The molecular weight excluding hydrogens is 201 g/mol. The van der Waals surface area contributed by atoms with Gasteiger partial charge >= 0.3 is 0 Å². The van der Waals surface area contributed by atoms with Crippen molar-refractivity contribution in [1.29, 1.82) is 5.26 Å². The molecule has 0 aliphatic heterocycles. The Balaban J connectivity index is 2.86. The fraction of sp³-hybridized carbons (Fsp3) is 0.462. The second kappa shape index (κ2) is 5.89. The van der Waals surface area contributed by atoms with Gasteiger partial charge in [-0.3, -0.25) is 0 Å². The second-order valence-electron chi connectivity index (χ2n) is 4.09. The van der Waals surface area contributed by atoms with E-state index in [9.17, 15) is 0 Å². The van der Waals surface area contributed by atoms with Crippen LogP contribution < -0.4 is 5.30 Å². The highest BCUT2D eigenvalue weighted by molar-refractivity contribution is 7.82. The molecule has 1 aromatic rings. The lowest BCUT2D eigenvalue weighted by molar-refractivity contribution is 1.08. The van der Waals surface area contributed by atoms with Crippen LogP contribution in [-0.4, -0.2) is 19.0 Å². The molecule has 1 atom stereocenters. The molecule has 0 aliphatic carbocycles. The van der Waals surface area contributed by atoms with Gasteiger partial charge in [0.1, 0.15) is 0 Å². The lowest BCUT2D eigenvalue weighted by atomic mass is 10.4. The van der Waals surface area contributed by atoms with E-state index in [1.807, 2.05) is 0 Å². The summed E-state index contributed by atoms with van der Waals surface area (Å²) in [5.41, 5.74) is 0. The fourth-order valence-electron chi connectivity index (χ4n) is 1.95. The van der Waals surface area contributed by atoms with E-state index in [4.69, 9.17) is 5.26 Å². The van der Waals surface area contributed by atoms with Gasteiger partial charge in [-0.05, 0) is 18.6 Å². The largest absolute Gasteiger partial charge is 0.198 e. The normalized spacial score (nSPS) is 14.2. The van der Waals surface area contributed by atoms with E-state index in [-0.39, 0.29) is 0 Å². The third kappa shape index (κ3) is 3.33. The first-order chi connectivity index (χ1) is 7.23. The van der Waals surface area contributed by atoms with E-state index < -0.39 is 7.26 Å². The van der Waals surface area contributed by atoms with E-state index in [0.717, 1.165) is 6.16 Å². The zero-order valence-electron chi connectivity index (χ0n) is 9.61. The summed E-state index contributed by atoms with van der Waals surface area (Å²) in [6, 6.07) is 13.0. The van der Waals surface area contributed by atoms with Crippen LogP contribution in [0.1, 0.15) is 19.8 Å². The highest BCUT2D eigenvalue weighted by atomic mass is 31.2. The molecule has 0 spiro atoms. The van der Waals surface area contributed by atoms with Gasteiger partial charge in [-0.15, -0.1) is 0 Å². The van der Waals surface area contributed by atoms with Crippen molar-refractivity contribution in [2.45, 2.75) is 19.8 Å². The maximum Gasteiger partial charge on any atom is 0.0936 e. The first-order valence-electron chi connectivity index (χ1n) is 5.50. The molecule has 0 radical (unpaired) electrons. The van der Waals surface area contributed by atoms with Crippen molar-refractivity contribution < 1.29 is 0 Å². The van der Waals surface area contributed by atoms with Crippen molar-refractivity contribution in [3.63, 3.8) is 0 Å². The zero-order chi connectivity index (χ0) is 11.1. The number of nitriles is 1. The molecule has 1 rings (SSSR count). The quantitative estimate of drug-likeness (QED) is 0.698. The van der Waals surface area contributed by atoms with Gasteiger partial charge in [-0.25, -0.2) is 0 Å².